The number of hydrogen-bond donors (Lipinski definition) is 1. The highest BCUT2D eigenvalue weighted by Gasteiger charge is 2.46. The first-order valence-corrected chi connectivity index (χ1v) is 11.0. The summed E-state index contributed by atoms with van der Waals surface area (Å²) in [5, 5.41) is 3.40. The normalized spacial score (nSPS) is 22.2. The lowest BCUT2D eigenvalue weighted by Crippen LogP contribution is -2.39. The average Bonchev–Trinajstić information content (AvgIpc) is 3.34. The Morgan fingerprint density at radius 2 is 1.88 bits per heavy atom. The molecule has 1 N–H and O–H groups in total. The number of nitrogens with zero attached hydrogens (tertiary/aromatic N) is 4. The van der Waals surface area contributed by atoms with Gasteiger partial charge in [-0.3, -0.25) is 9.78 Å². The highest BCUT2D eigenvalue weighted by Crippen LogP contribution is 2.36. The second kappa shape index (κ2) is 8.06. The molecular weight excluding hydrogens is 405 g/mol. The van der Waals surface area contributed by atoms with Gasteiger partial charge >= 0.3 is 0 Å². The molecule has 1 aromatic carbocycles. The largest absolute Gasteiger partial charge is 0.340 e. The van der Waals surface area contributed by atoms with Gasteiger partial charge in [0.1, 0.15) is 5.82 Å². The first-order chi connectivity index (χ1) is 15.4. The second-order valence-electron chi connectivity index (χ2n) is 8.91. The van der Waals surface area contributed by atoms with E-state index in [0.717, 1.165) is 36.0 Å². The van der Waals surface area contributed by atoms with Gasteiger partial charge in [0.2, 0.25) is 5.95 Å². The zero-order valence-electron chi connectivity index (χ0n) is 18.5. The molecule has 0 radical (unpaired) electrons. The summed E-state index contributed by atoms with van der Waals surface area (Å²) in [5.41, 5.74) is 3.98. The van der Waals surface area contributed by atoms with Crippen molar-refractivity contribution in [2.24, 2.45) is 11.8 Å². The Hall–Kier alpha value is -3.19. The highest BCUT2D eigenvalue weighted by atomic mass is 19.1. The maximum atomic E-state index is 14.9. The van der Waals surface area contributed by atoms with E-state index >= 15 is 0 Å². The number of nitrogens with one attached hydrogen (secondary N) is 1. The molecule has 2 fully saturated rings. The quantitative estimate of drug-likeness (QED) is 0.638. The molecular formula is C25H26FN5O. The molecule has 0 amide bonds. The summed E-state index contributed by atoms with van der Waals surface area (Å²) in [5.74, 6) is 0.645. The van der Waals surface area contributed by atoms with E-state index in [2.05, 4.69) is 25.2 Å². The fourth-order valence-corrected chi connectivity index (χ4v) is 4.99. The summed E-state index contributed by atoms with van der Waals surface area (Å²) < 4.78 is 14.9. The number of carbonyl (C=O) groups excluding carboxylic acids is 1. The fourth-order valence-electron chi connectivity index (χ4n) is 4.99. The summed E-state index contributed by atoms with van der Waals surface area (Å²) >= 11 is 0. The van der Waals surface area contributed by atoms with Crippen molar-refractivity contribution < 1.29 is 9.18 Å². The first kappa shape index (κ1) is 20.7. The van der Waals surface area contributed by atoms with E-state index in [9.17, 15) is 9.18 Å². The van der Waals surface area contributed by atoms with Crippen molar-refractivity contribution in [3.63, 3.8) is 0 Å². The number of rotatable bonds is 4. The Balaban J connectivity index is 1.44. The van der Waals surface area contributed by atoms with Crippen molar-refractivity contribution in [2.45, 2.75) is 26.8 Å². The van der Waals surface area contributed by atoms with E-state index in [0.29, 0.717) is 23.7 Å². The smallest absolute Gasteiger partial charge is 0.225 e. The number of benzene rings is 1. The third-order valence-electron chi connectivity index (χ3n) is 6.50. The van der Waals surface area contributed by atoms with Gasteiger partial charge in [-0.1, -0.05) is 18.2 Å². The number of hydrogen-bond acceptors (Lipinski definition) is 6. The van der Waals surface area contributed by atoms with Gasteiger partial charge in [0.05, 0.1) is 11.7 Å². The Bertz CT molecular complexity index is 1160. The summed E-state index contributed by atoms with van der Waals surface area (Å²) in [6.07, 6.45) is 1.69. The predicted octanol–water partition coefficient (Wildman–Crippen LogP) is 3.51. The fraction of sp³-hybridized carbons (Fsp3) is 0.360. The van der Waals surface area contributed by atoms with E-state index in [-0.39, 0.29) is 23.3 Å². The number of Topliss-reactive ketones (excluding diaryl/α,β-unsaturated/α-hetero) is 1. The first-order valence-electron chi connectivity index (χ1n) is 11.0. The molecule has 0 saturated carbocycles. The standard InChI is InChI=1S/C25H26FN5O/c1-14-7-8-21(27-10-14)22-18(5-4-6-20(22)26)24(32)23-19-13-31(12-17(19)11-28-23)25-29-15(2)9-16(3)30-25/h4-10,17,19,23,28H,11-13H2,1-3H3. The topological polar surface area (TPSA) is 71.0 Å². The van der Waals surface area contributed by atoms with Gasteiger partial charge < -0.3 is 10.2 Å². The van der Waals surface area contributed by atoms with Crippen molar-refractivity contribution in [1.29, 1.82) is 0 Å². The van der Waals surface area contributed by atoms with Crippen LogP contribution in [0.25, 0.3) is 11.3 Å². The van der Waals surface area contributed by atoms with Crippen molar-refractivity contribution >= 4 is 11.7 Å². The lowest BCUT2D eigenvalue weighted by atomic mass is 9.87. The van der Waals surface area contributed by atoms with Gasteiger partial charge in [-0.2, -0.15) is 0 Å². The van der Waals surface area contributed by atoms with E-state index in [1.54, 1.807) is 24.4 Å². The van der Waals surface area contributed by atoms with Crippen molar-refractivity contribution in [2.75, 3.05) is 24.5 Å². The molecule has 2 saturated heterocycles. The lowest BCUT2D eigenvalue weighted by molar-refractivity contribution is 0.0931. The molecule has 5 rings (SSSR count). The average molecular weight is 432 g/mol. The molecule has 2 aliphatic heterocycles. The number of aryl methyl sites for hydroxylation is 3. The SMILES string of the molecule is Cc1ccc(-c2c(F)cccc2C(=O)C2NCC3CN(c4nc(C)cc(C)n4)CC32)nc1. The Morgan fingerprint density at radius 1 is 1.09 bits per heavy atom. The molecule has 32 heavy (non-hydrogen) atoms. The number of anilines is 1. The summed E-state index contributed by atoms with van der Waals surface area (Å²) in [6, 6.07) is 9.91. The zero-order chi connectivity index (χ0) is 22.4. The summed E-state index contributed by atoms with van der Waals surface area (Å²) in [7, 11) is 0. The number of aromatic nitrogens is 3. The van der Waals surface area contributed by atoms with Crippen LogP contribution in [0, 0.1) is 38.4 Å². The van der Waals surface area contributed by atoms with Gasteiger partial charge in [0, 0.05) is 54.3 Å². The predicted molar refractivity (Wildman–Crippen MR) is 121 cm³/mol. The van der Waals surface area contributed by atoms with Gasteiger partial charge in [-0.15, -0.1) is 0 Å². The van der Waals surface area contributed by atoms with Crippen molar-refractivity contribution in [3.05, 3.63) is 70.9 Å². The van der Waals surface area contributed by atoms with Crippen LogP contribution in [-0.4, -0.2) is 46.4 Å². The summed E-state index contributed by atoms with van der Waals surface area (Å²) in [6.45, 7) is 8.11. The minimum atomic E-state index is -0.432. The number of pyridine rings is 1. The molecule has 3 aromatic rings. The molecule has 3 atom stereocenters. The molecule has 2 aliphatic rings. The van der Waals surface area contributed by atoms with E-state index in [1.165, 1.54) is 6.07 Å². The van der Waals surface area contributed by atoms with Crippen LogP contribution >= 0.6 is 0 Å². The van der Waals surface area contributed by atoms with Crippen molar-refractivity contribution in [3.8, 4) is 11.3 Å². The maximum absolute atomic E-state index is 14.9. The van der Waals surface area contributed by atoms with Crippen LogP contribution in [0.3, 0.4) is 0 Å². The van der Waals surface area contributed by atoms with Crippen LogP contribution in [-0.2, 0) is 0 Å². The Labute approximate surface area is 186 Å². The number of ketones is 1. The number of halogens is 1. The van der Waals surface area contributed by atoms with Gasteiger partial charge in [-0.05, 0) is 50.5 Å². The number of carbonyl (C=O) groups is 1. The minimum Gasteiger partial charge on any atom is -0.340 e. The van der Waals surface area contributed by atoms with Crippen LogP contribution in [0.4, 0.5) is 10.3 Å². The van der Waals surface area contributed by atoms with Gasteiger partial charge in [0.25, 0.3) is 0 Å². The highest BCUT2D eigenvalue weighted by molar-refractivity contribution is 6.05. The van der Waals surface area contributed by atoms with E-state index < -0.39 is 5.82 Å². The Morgan fingerprint density at radius 3 is 2.59 bits per heavy atom. The molecule has 3 unspecified atom stereocenters. The maximum Gasteiger partial charge on any atom is 0.225 e. The van der Waals surface area contributed by atoms with Crippen LogP contribution in [0.15, 0.2) is 42.6 Å². The molecule has 6 nitrogen and oxygen atoms in total. The van der Waals surface area contributed by atoms with E-state index in [4.69, 9.17) is 0 Å². The second-order valence-corrected chi connectivity index (χ2v) is 8.91. The van der Waals surface area contributed by atoms with Crippen molar-refractivity contribution in [1.82, 2.24) is 20.3 Å². The molecule has 164 valence electrons. The van der Waals surface area contributed by atoms with Crippen LogP contribution in [0.1, 0.15) is 27.3 Å². The van der Waals surface area contributed by atoms with Crippen LogP contribution in [0.5, 0.6) is 0 Å². The molecule has 0 aliphatic carbocycles. The zero-order valence-corrected chi connectivity index (χ0v) is 18.5. The monoisotopic (exact) mass is 431 g/mol. The Kier molecular flexibility index (Phi) is 5.21. The molecule has 2 aromatic heterocycles. The summed E-state index contributed by atoms with van der Waals surface area (Å²) in [4.78, 5) is 29.4. The molecule has 0 bridgehead atoms. The van der Waals surface area contributed by atoms with Crippen LogP contribution in [0.2, 0.25) is 0 Å². The third kappa shape index (κ3) is 3.66. The lowest BCUT2D eigenvalue weighted by Gasteiger charge is -2.22. The molecule has 0 spiro atoms. The van der Waals surface area contributed by atoms with Gasteiger partial charge in [0.15, 0.2) is 5.78 Å². The minimum absolute atomic E-state index is 0.0856. The van der Waals surface area contributed by atoms with Gasteiger partial charge in [-0.25, -0.2) is 14.4 Å². The van der Waals surface area contributed by atoms with Crippen LogP contribution < -0.4 is 10.2 Å². The number of fused-ring (bicyclic) bond motifs is 1. The molecule has 4 heterocycles. The van der Waals surface area contributed by atoms with E-state index in [1.807, 2.05) is 32.9 Å². The molecule has 7 heteroatoms. The third-order valence-corrected chi connectivity index (χ3v) is 6.50.